The fourth-order valence-electron chi connectivity index (χ4n) is 1.77. The van der Waals surface area contributed by atoms with E-state index in [1.54, 1.807) is 23.5 Å². The van der Waals surface area contributed by atoms with Gasteiger partial charge in [0.1, 0.15) is 5.82 Å². The first-order chi connectivity index (χ1) is 9.15. The zero-order valence-corrected chi connectivity index (χ0v) is 10.4. The molecule has 1 heterocycles. The summed E-state index contributed by atoms with van der Waals surface area (Å²) in [5, 5.41) is 0. The SMILES string of the molecule is NC(=O)CN(Cc1cccc(N)c1)c1cnccn1. The van der Waals surface area contributed by atoms with Crippen LogP contribution < -0.4 is 16.4 Å². The van der Waals surface area contributed by atoms with Crippen molar-refractivity contribution in [2.75, 3.05) is 17.2 Å². The average molecular weight is 257 g/mol. The number of benzene rings is 1. The molecule has 98 valence electrons. The van der Waals surface area contributed by atoms with Gasteiger partial charge in [-0.2, -0.15) is 0 Å². The van der Waals surface area contributed by atoms with Crippen LogP contribution >= 0.6 is 0 Å². The fourth-order valence-corrected chi connectivity index (χ4v) is 1.77. The number of amides is 1. The van der Waals surface area contributed by atoms with Gasteiger partial charge in [-0.25, -0.2) is 4.98 Å². The van der Waals surface area contributed by atoms with Gasteiger partial charge >= 0.3 is 0 Å². The number of hydrogen-bond acceptors (Lipinski definition) is 5. The van der Waals surface area contributed by atoms with Crippen LogP contribution in [0.3, 0.4) is 0 Å². The van der Waals surface area contributed by atoms with E-state index in [1.807, 2.05) is 24.3 Å². The van der Waals surface area contributed by atoms with E-state index in [2.05, 4.69) is 9.97 Å². The molecule has 0 atom stereocenters. The molecule has 1 amide bonds. The molecule has 0 unspecified atom stereocenters. The number of hydrogen-bond donors (Lipinski definition) is 2. The minimum atomic E-state index is -0.422. The molecule has 0 aliphatic heterocycles. The van der Waals surface area contributed by atoms with Crippen molar-refractivity contribution in [1.29, 1.82) is 0 Å². The third-order valence-corrected chi connectivity index (χ3v) is 2.54. The summed E-state index contributed by atoms with van der Waals surface area (Å²) in [6.45, 7) is 0.570. The molecule has 1 aromatic carbocycles. The largest absolute Gasteiger partial charge is 0.399 e. The maximum absolute atomic E-state index is 11.1. The summed E-state index contributed by atoms with van der Waals surface area (Å²) < 4.78 is 0. The van der Waals surface area contributed by atoms with Gasteiger partial charge in [0.15, 0.2) is 0 Å². The van der Waals surface area contributed by atoms with Crippen molar-refractivity contribution in [1.82, 2.24) is 9.97 Å². The molecule has 0 fully saturated rings. The number of aromatic nitrogens is 2. The number of carbonyl (C=O) groups excluding carboxylic acids is 1. The normalized spacial score (nSPS) is 10.1. The molecule has 19 heavy (non-hydrogen) atoms. The highest BCUT2D eigenvalue weighted by molar-refractivity contribution is 5.79. The van der Waals surface area contributed by atoms with Crippen molar-refractivity contribution in [2.45, 2.75) is 6.54 Å². The second-order valence-electron chi connectivity index (χ2n) is 4.13. The second-order valence-corrected chi connectivity index (χ2v) is 4.13. The Morgan fingerprint density at radius 2 is 2.16 bits per heavy atom. The Hall–Kier alpha value is -2.63. The van der Waals surface area contributed by atoms with Gasteiger partial charge in [0, 0.05) is 24.6 Å². The van der Waals surface area contributed by atoms with Gasteiger partial charge in [-0.1, -0.05) is 12.1 Å². The highest BCUT2D eigenvalue weighted by Crippen LogP contribution is 2.14. The highest BCUT2D eigenvalue weighted by Gasteiger charge is 2.11. The number of rotatable bonds is 5. The van der Waals surface area contributed by atoms with E-state index in [1.165, 1.54) is 0 Å². The molecule has 1 aromatic heterocycles. The van der Waals surface area contributed by atoms with Crippen molar-refractivity contribution in [3.8, 4) is 0 Å². The quantitative estimate of drug-likeness (QED) is 0.762. The molecule has 6 nitrogen and oxygen atoms in total. The van der Waals surface area contributed by atoms with Crippen LogP contribution in [0.2, 0.25) is 0 Å². The van der Waals surface area contributed by atoms with E-state index < -0.39 is 5.91 Å². The molecular weight excluding hydrogens is 242 g/mol. The molecule has 0 bridgehead atoms. The summed E-state index contributed by atoms with van der Waals surface area (Å²) in [7, 11) is 0. The molecule has 4 N–H and O–H groups in total. The van der Waals surface area contributed by atoms with Crippen molar-refractivity contribution in [3.63, 3.8) is 0 Å². The lowest BCUT2D eigenvalue weighted by Gasteiger charge is -2.21. The Kier molecular flexibility index (Phi) is 3.92. The second kappa shape index (κ2) is 5.81. The average Bonchev–Trinajstić information content (AvgIpc) is 2.38. The van der Waals surface area contributed by atoms with E-state index in [9.17, 15) is 4.79 Å². The van der Waals surface area contributed by atoms with E-state index in [-0.39, 0.29) is 6.54 Å². The van der Waals surface area contributed by atoms with Crippen LogP contribution in [0, 0.1) is 0 Å². The van der Waals surface area contributed by atoms with Crippen LogP contribution in [0.25, 0.3) is 0 Å². The summed E-state index contributed by atoms with van der Waals surface area (Å²) in [6, 6.07) is 7.46. The third kappa shape index (κ3) is 3.67. The number of nitrogens with two attached hydrogens (primary N) is 2. The van der Waals surface area contributed by atoms with Crippen molar-refractivity contribution >= 4 is 17.4 Å². The van der Waals surface area contributed by atoms with E-state index >= 15 is 0 Å². The van der Waals surface area contributed by atoms with Gasteiger partial charge in [-0.3, -0.25) is 9.78 Å². The zero-order valence-electron chi connectivity index (χ0n) is 10.4. The molecule has 0 radical (unpaired) electrons. The Morgan fingerprint density at radius 3 is 2.79 bits per heavy atom. The smallest absolute Gasteiger partial charge is 0.237 e. The number of anilines is 2. The first kappa shape index (κ1) is 12.8. The van der Waals surface area contributed by atoms with Gasteiger partial charge in [0.05, 0.1) is 12.7 Å². The molecular formula is C13H15N5O. The minimum absolute atomic E-state index is 0.0769. The molecule has 6 heteroatoms. The Bertz CT molecular complexity index is 558. The van der Waals surface area contributed by atoms with Crippen molar-refractivity contribution in [2.24, 2.45) is 5.73 Å². The predicted octanol–water partition coefficient (Wildman–Crippen LogP) is 0.551. The number of carbonyl (C=O) groups is 1. The van der Waals surface area contributed by atoms with Gasteiger partial charge in [-0.05, 0) is 17.7 Å². The van der Waals surface area contributed by atoms with Gasteiger partial charge in [0.25, 0.3) is 0 Å². The fraction of sp³-hybridized carbons (Fsp3) is 0.154. The van der Waals surface area contributed by atoms with Crippen LogP contribution in [0.15, 0.2) is 42.9 Å². The molecule has 2 aromatic rings. The molecule has 0 saturated heterocycles. The van der Waals surface area contributed by atoms with Crippen molar-refractivity contribution < 1.29 is 4.79 Å². The van der Waals surface area contributed by atoms with Gasteiger partial charge in [-0.15, -0.1) is 0 Å². The van der Waals surface area contributed by atoms with Crippen LogP contribution in [-0.2, 0) is 11.3 Å². The maximum Gasteiger partial charge on any atom is 0.237 e. The Morgan fingerprint density at radius 1 is 1.32 bits per heavy atom. The summed E-state index contributed by atoms with van der Waals surface area (Å²) in [6.07, 6.45) is 4.74. The zero-order chi connectivity index (χ0) is 13.7. The highest BCUT2D eigenvalue weighted by atomic mass is 16.1. The molecule has 0 aliphatic rings. The predicted molar refractivity (Wildman–Crippen MR) is 73.1 cm³/mol. The number of primary amides is 1. The Labute approximate surface area is 111 Å². The topological polar surface area (TPSA) is 98.1 Å². The Balaban J connectivity index is 2.21. The standard InChI is InChI=1S/C13H15N5O/c14-11-3-1-2-10(6-11)8-18(9-12(15)19)13-7-16-4-5-17-13/h1-7H,8-9,14H2,(H2,15,19). The first-order valence-electron chi connectivity index (χ1n) is 5.79. The van der Waals surface area contributed by atoms with Crippen LogP contribution in [0.5, 0.6) is 0 Å². The first-order valence-corrected chi connectivity index (χ1v) is 5.79. The lowest BCUT2D eigenvalue weighted by Crippen LogP contribution is -2.34. The molecule has 2 rings (SSSR count). The molecule has 0 aliphatic carbocycles. The monoisotopic (exact) mass is 257 g/mol. The van der Waals surface area contributed by atoms with E-state index in [4.69, 9.17) is 11.5 Å². The minimum Gasteiger partial charge on any atom is -0.399 e. The summed E-state index contributed by atoms with van der Waals surface area (Å²) >= 11 is 0. The molecule has 0 saturated carbocycles. The van der Waals surface area contributed by atoms with E-state index in [0.29, 0.717) is 18.1 Å². The lowest BCUT2D eigenvalue weighted by molar-refractivity contribution is -0.116. The maximum atomic E-state index is 11.1. The lowest BCUT2D eigenvalue weighted by atomic mass is 10.2. The third-order valence-electron chi connectivity index (χ3n) is 2.54. The van der Waals surface area contributed by atoms with Crippen molar-refractivity contribution in [3.05, 3.63) is 48.4 Å². The van der Waals surface area contributed by atoms with Crippen LogP contribution in [0.4, 0.5) is 11.5 Å². The number of nitrogen functional groups attached to an aromatic ring is 1. The van der Waals surface area contributed by atoms with Crippen LogP contribution in [-0.4, -0.2) is 22.4 Å². The summed E-state index contributed by atoms with van der Waals surface area (Å²) in [5.41, 5.74) is 12.7. The molecule has 0 spiro atoms. The summed E-state index contributed by atoms with van der Waals surface area (Å²) in [4.78, 5) is 21.1. The van der Waals surface area contributed by atoms with Gasteiger partial charge in [0.2, 0.25) is 5.91 Å². The van der Waals surface area contributed by atoms with Crippen LogP contribution in [0.1, 0.15) is 5.56 Å². The van der Waals surface area contributed by atoms with E-state index in [0.717, 1.165) is 5.56 Å². The number of nitrogens with zero attached hydrogens (tertiary/aromatic N) is 3. The summed E-state index contributed by atoms with van der Waals surface area (Å²) in [5.74, 6) is 0.179. The van der Waals surface area contributed by atoms with Gasteiger partial charge < -0.3 is 16.4 Å².